The maximum absolute atomic E-state index is 4.12. The molecule has 1 saturated carbocycles. The maximum Gasteiger partial charge on any atom is 0.0538 e. The van der Waals surface area contributed by atoms with Crippen LogP contribution in [-0.4, -0.2) is 11.5 Å². The van der Waals surface area contributed by atoms with Gasteiger partial charge in [-0.2, -0.15) is 0 Å². The minimum Gasteiger partial charge on any atom is -0.383 e. The zero-order chi connectivity index (χ0) is 10.0. The fourth-order valence-electron chi connectivity index (χ4n) is 1.63. The van der Waals surface area contributed by atoms with E-state index in [9.17, 15) is 0 Å². The average Bonchev–Trinajstić information content (AvgIpc) is 2.96. The summed E-state index contributed by atoms with van der Waals surface area (Å²) in [6.07, 6.45) is 7.70. The Hall–Kier alpha value is -0.570. The molecule has 3 heteroatoms. The van der Waals surface area contributed by atoms with Crippen LogP contribution >= 0.6 is 15.9 Å². The zero-order valence-corrected chi connectivity index (χ0v) is 9.97. The van der Waals surface area contributed by atoms with E-state index in [1.165, 1.54) is 19.3 Å². The second-order valence-corrected chi connectivity index (χ2v) is 5.01. The van der Waals surface area contributed by atoms with Gasteiger partial charge in [0.2, 0.25) is 0 Å². The van der Waals surface area contributed by atoms with Crippen molar-refractivity contribution in [2.75, 3.05) is 11.9 Å². The summed E-state index contributed by atoms with van der Waals surface area (Å²) in [5, 5.41) is 3.45. The second-order valence-electron chi connectivity index (χ2n) is 4.10. The van der Waals surface area contributed by atoms with Crippen molar-refractivity contribution >= 4 is 21.6 Å². The smallest absolute Gasteiger partial charge is 0.0538 e. The van der Waals surface area contributed by atoms with E-state index in [1.807, 2.05) is 6.20 Å². The van der Waals surface area contributed by atoms with Crippen molar-refractivity contribution in [3.05, 3.63) is 22.9 Å². The molecule has 0 saturated heterocycles. The average molecular weight is 255 g/mol. The number of pyridine rings is 1. The van der Waals surface area contributed by atoms with E-state index >= 15 is 0 Å². The van der Waals surface area contributed by atoms with Gasteiger partial charge in [0.15, 0.2) is 0 Å². The van der Waals surface area contributed by atoms with E-state index < -0.39 is 0 Å². The predicted molar refractivity (Wildman–Crippen MR) is 62.4 cm³/mol. The lowest BCUT2D eigenvalue weighted by Gasteiger charge is -2.14. The molecule has 2 rings (SSSR count). The third kappa shape index (κ3) is 2.27. The lowest BCUT2D eigenvalue weighted by Crippen LogP contribution is -2.14. The van der Waals surface area contributed by atoms with Crippen LogP contribution in [0.15, 0.2) is 22.9 Å². The molecule has 0 radical (unpaired) electrons. The van der Waals surface area contributed by atoms with E-state index in [2.05, 4.69) is 39.2 Å². The zero-order valence-electron chi connectivity index (χ0n) is 8.39. The molecule has 1 fully saturated rings. The lowest BCUT2D eigenvalue weighted by atomic mass is 10.0. The largest absolute Gasteiger partial charge is 0.383 e. The highest BCUT2D eigenvalue weighted by Gasteiger charge is 2.40. The number of rotatable bonds is 4. The third-order valence-electron chi connectivity index (χ3n) is 3.08. The fraction of sp³-hybridized carbons (Fsp3) is 0.545. The first kappa shape index (κ1) is 9.97. The number of halogens is 1. The first-order valence-corrected chi connectivity index (χ1v) is 5.88. The highest BCUT2D eigenvalue weighted by Crippen LogP contribution is 2.48. The van der Waals surface area contributed by atoms with E-state index in [0.717, 1.165) is 16.7 Å². The Kier molecular flexibility index (Phi) is 2.77. The van der Waals surface area contributed by atoms with Gasteiger partial charge in [-0.15, -0.1) is 0 Å². The molecule has 1 aliphatic carbocycles. The van der Waals surface area contributed by atoms with Gasteiger partial charge in [0, 0.05) is 17.2 Å². The standard InChI is InChI=1S/C11H15BrN2/c1-2-11(3-4-11)8-14-10-5-9(12)6-13-7-10/h5-7,14H,2-4,8H2,1H3. The number of nitrogens with zero attached hydrogens (tertiary/aromatic N) is 1. The molecule has 0 aromatic carbocycles. The summed E-state index contributed by atoms with van der Waals surface area (Å²) in [6.45, 7) is 3.36. The van der Waals surface area contributed by atoms with Crippen molar-refractivity contribution in [3.8, 4) is 0 Å². The summed E-state index contributed by atoms with van der Waals surface area (Å²) in [5.41, 5.74) is 1.70. The van der Waals surface area contributed by atoms with Gasteiger partial charge in [-0.05, 0) is 46.7 Å². The van der Waals surface area contributed by atoms with E-state index in [0.29, 0.717) is 5.41 Å². The normalized spacial score (nSPS) is 17.9. The van der Waals surface area contributed by atoms with Gasteiger partial charge in [0.1, 0.15) is 0 Å². The van der Waals surface area contributed by atoms with E-state index in [1.54, 1.807) is 6.20 Å². The molecule has 0 spiro atoms. The molecular formula is C11H15BrN2. The van der Waals surface area contributed by atoms with Crippen molar-refractivity contribution in [2.45, 2.75) is 26.2 Å². The van der Waals surface area contributed by atoms with Crippen molar-refractivity contribution in [1.82, 2.24) is 4.98 Å². The Morgan fingerprint density at radius 1 is 1.50 bits per heavy atom. The molecule has 0 aliphatic heterocycles. The monoisotopic (exact) mass is 254 g/mol. The molecule has 0 atom stereocenters. The minimum absolute atomic E-state index is 0.586. The Morgan fingerprint density at radius 3 is 2.86 bits per heavy atom. The second kappa shape index (κ2) is 3.89. The Morgan fingerprint density at radius 2 is 2.29 bits per heavy atom. The van der Waals surface area contributed by atoms with Crippen LogP contribution < -0.4 is 5.32 Å². The Bertz CT molecular complexity index is 321. The number of hydrogen-bond acceptors (Lipinski definition) is 2. The molecule has 1 aromatic heterocycles. The topological polar surface area (TPSA) is 24.9 Å². The van der Waals surface area contributed by atoms with E-state index in [4.69, 9.17) is 0 Å². The van der Waals surface area contributed by atoms with Gasteiger partial charge in [-0.25, -0.2) is 0 Å². The first-order valence-electron chi connectivity index (χ1n) is 5.08. The summed E-state index contributed by atoms with van der Waals surface area (Å²) in [6, 6.07) is 2.07. The molecule has 1 N–H and O–H groups in total. The number of nitrogens with one attached hydrogen (secondary N) is 1. The van der Waals surface area contributed by atoms with Crippen molar-refractivity contribution in [3.63, 3.8) is 0 Å². The number of anilines is 1. The summed E-state index contributed by atoms with van der Waals surface area (Å²) in [7, 11) is 0. The van der Waals surface area contributed by atoms with Gasteiger partial charge in [0.05, 0.1) is 11.9 Å². The summed E-state index contributed by atoms with van der Waals surface area (Å²) >= 11 is 3.41. The number of hydrogen-bond donors (Lipinski definition) is 1. The highest BCUT2D eigenvalue weighted by molar-refractivity contribution is 9.10. The summed E-state index contributed by atoms with van der Waals surface area (Å²) < 4.78 is 1.03. The van der Waals surface area contributed by atoms with Crippen LogP contribution in [0.5, 0.6) is 0 Å². The molecule has 14 heavy (non-hydrogen) atoms. The van der Waals surface area contributed by atoms with Gasteiger partial charge < -0.3 is 5.32 Å². The lowest BCUT2D eigenvalue weighted by molar-refractivity contribution is 0.521. The quantitative estimate of drug-likeness (QED) is 0.891. The van der Waals surface area contributed by atoms with Crippen LogP contribution in [0, 0.1) is 5.41 Å². The molecule has 2 nitrogen and oxygen atoms in total. The SMILES string of the molecule is CCC1(CNc2cncc(Br)c2)CC1. The molecule has 0 unspecified atom stereocenters. The molecule has 1 heterocycles. The molecule has 1 aliphatic rings. The molecular weight excluding hydrogens is 240 g/mol. The molecule has 0 bridgehead atoms. The van der Waals surface area contributed by atoms with Gasteiger partial charge in [-0.3, -0.25) is 4.98 Å². The van der Waals surface area contributed by atoms with Crippen LogP contribution in [0.25, 0.3) is 0 Å². The Balaban J connectivity index is 1.92. The van der Waals surface area contributed by atoms with Crippen LogP contribution in [-0.2, 0) is 0 Å². The van der Waals surface area contributed by atoms with Crippen molar-refractivity contribution in [1.29, 1.82) is 0 Å². The first-order chi connectivity index (χ1) is 6.74. The molecule has 0 amide bonds. The summed E-state index contributed by atoms with van der Waals surface area (Å²) in [5.74, 6) is 0. The summed E-state index contributed by atoms with van der Waals surface area (Å²) in [4.78, 5) is 4.12. The minimum atomic E-state index is 0.586. The van der Waals surface area contributed by atoms with E-state index in [-0.39, 0.29) is 0 Å². The Labute approximate surface area is 93.3 Å². The van der Waals surface area contributed by atoms with Gasteiger partial charge >= 0.3 is 0 Å². The highest BCUT2D eigenvalue weighted by atomic mass is 79.9. The van der Waals surface area contributed by atoms with Gasteiger partial charge in [-0.1, -0.05) is 6.92 Å². The molecule has 76 valence electrons. The van der Waals surface area contributed by atoms with Crippen LogP contribution in [0.3, 0.4) is 0 Å². The van der Waals surface area contributed by atoms with Crippen LogP contribution in [0.1, 0.15) is 26.2 Å². The fourth-order valence-corrected chi connectivity index (χ4v) is 2.00. The predicted octanol–water partition coefficient (Wildman–Crippen LogP) is 3.45. The van der Waals surface area contributed by atoms with Crippen LogP contribution in [0.4, 0.5) is 5.69 Å². The van der Waals surface area contributed by atoms with Crippen molar-refractivity contribution in [2.24, 2.45) is 5.41 Å². The maximum atomic E-state index is 4.12. The molecule has 1 aromatic rings. The van der Waals surface area contributed by atoms with Crippen molar-refractivity contribution < 1.29 is 0 Å². The third-order valence-corrected chi connectivity index (χ3v) is 3.51. The van der Waals surface area contributed by atoms with Crippen LogP contribution in [0.2, 0.25) is 0 Å². The van der Waals surface area contributed by atoms with Gasteiger partial charge in [0.25, 0.3) is 0 Å². The number of aromatic nitrogens is 1.